The lowest BCUT2D eigenvalue weighted by Gasteiger charge is -2.23. The standard InChI is InChI=1S/C19H19F3N4O3/c20-19(21,22)13-6-7-17(25-8-1-2-9-25)16(10-13)23-12-18(27)24-14-4-3-5-15(11-14)26(28)29/h3-7,10-11,23H,1-2,8-9,12H2,(H,24,27). The fourth-order valence-electron chi connectivity index (χ4n) is 3.17. The van der Waals surface area contributed by atoms with Crippen molar-refractivity contribution in [2.24, 2.45) is 0 Å². The van der Waals surface area contributed by atoms with E-state index in [1.807, 2.05) is 4.90 Å². The minimum absolute atomic E-state index is 0.176. The first-order valence-electron chi connectivity index (χ1n) is 8.98. The van der Waals surface area contributed by atoms with Crippen LogP contribution in [0.5, 0.6) is 0 Å². The van der Waals surface area contributed by atoms with E-state index in [1.165, 1.54) is 30.3 Å². The number of benzene rings is 2. The molecule has 29 heavy (non-hydrogen) atoms. The second kappa shape index (κ2) is 8.38. The Morgan fingerprint density at radius 3 is 2.52 bits per heavy atom. The summed E-state index contributed by atoms with van der Waals surface area (Å²) in [5.74, 6) is -0.532. The van der Waals surface area contributed by atoms with Crippen molar-refractivity contribution < 1.29 is 22.9 Å². The monoisotopic (exact) mass is 408 g/mol. The van der Waals surface area contributed by atoms with Crippen LogP contribution in [-0.2, 0) is 11.0 Å². The predicted octanol–water partition coefficient (Wildman–Crippen LogP) is 4.26. The summed E-state index contributed by atoms with van der Waals surface area (Å²) in [5.41, 5.74) is 0.0800. The molecule has 7 nitrogen and oxygen atoms in total. The van der Waals surface area contributed by atoms with Gasteiger partial charge in [0.25, 0.3) is 5.69 Å². The highest BCUT2D eigenvalue weighted by molar-refractivity contribution is 5.94. The third-order valence-corrected chi connectivity index (χ3v) is 4.55. The quantitative estimate of drug-likeness (QED) is 0.551. The van der Waals surface area contributed by atoms with E-state index in [0.717, 1.165) is 38.1 Å². The van der Waals surface area contributed by atoms with Crippen molar-refractivity contribution in [3.8, 4) is 0 Å². The third-order valence-electron chi connectivity index (χ3n) is 4.55. The van der Waals surface area contributed by atoms with Gasteiger partial charge in [0.1, 0.15) is 0 Å². The summed E-state index contributed by atoms with van der Waals surface area (Å²) >= 11 is 0. The van der Waals surface area contributed by atoms with Crippen LogP contribution in [0.3, 0.4) is 0 Å². The fraction of sp³-hybridized carbons (Fsp3) is 0.316. The minimum atomic E-state index is -4.49. The second-order valence-electron chi connectivity index (χ2n) is 6.63. The number of hydrogen-bond donors (Lipinski definition) is 2. The molecule has 1 heterocycles. The zero-order valence-corrected chi connectivity index (χ0v) is 15.3. The highest BCUT2D eigenvalue weighted by atomic mass is 19.4. The normalized spacial score (nSPS) is 14.0. The molecule has 10 heteroatoms. The fourth-order valence-corrected chi connectivity index (χ4v) is 3.17. The second-order valence-corrected chi connectivity index (χ2v) is 6.63. The maximum atomic E-state index is 13.1. The molecule has 1 fully saturated rings. The number of anilines is 3. The van der Waals surface area contributed by atoms with Gasteiger partial charge in [0.05, 0.1) is 28.4 Å². The lowest BCUT2D eigenvalue weighted by atomic mass is 10.1. The SMILES string of the molecule is O=C(CNc1cc(C(F)(F)F)ccc1N1CCCC1)Nc1cccc([N+](=O)[O-])c1. The molecule has 2 N–H and O–H groups in total. The molecular weight excluding hydrogens is 389 g/mol. The molecule has 0 unspecified atom stereocenters. The highest BCUT2D eigenvalue weighted by Crippen LogP contribution is 2.36. The van der Waals surface area contributed by atoms with Gasteiger partial charge >= 0.3 is 6.18 Å². The van der Waals surface area contributed by atoms with E-state index in [-0.39, 0.29) is 23.6 Å². The first-order valence-corrected chi connectivity index (χ1v) is 8.98. The van der Waals surface area contributed by atoms with Gasteiger partial charge in [-0.1, -0.05) is 6.07 Å². The Morgan fingerprint density at radius 1 is 1.14 bits per heavy atom. The predicted molar refractivity (Wildman–Crippen MR) is 103 cm³/mol. The van der Waals surface area contributed by atoms with Gasteiger partial charge in [0.15, 0.2) is 0 Å². The zero-order valence-electron chi connectivity index (χ0n) is 15.3. The molecular formula is C19H19F3N4O3. The van der Waals surface area contributed by atoms with Gasteiger partial charge in [-0.25, -0.2) is 0 Å². The summed E-state index contributed by atoms with van der Waals surface area (Å²) in [6, 6.07) is 8.85. The van der Waals surface area contributed by atoms with Gasteiger partial charge in [-0.3, -0.25) is 14.9 Å². The van der Waals surface area contributed by atoms with Crippen LogP contribution in [0.1, 0.15) is 18.4 Å². The molecule has 0 atom stereocenters. The Hall–Kier alpha value is -3.30. The number of rotatable bonds is 6. The van der Waals surface area contributed by atoms with Gasteiger partial charge in [-0.2, -0.15) is 13.2 Å². The number of carbonyl (C=O) groups excluding carboxylic acids is 1. The zero-order chi connectivity index (χ0) is 21.0. The number of amides is 1. The van der Waals surface area contributed by atoms with Crippen LogP contribution in [-0.4, -0.2) is 30.5 Å². The summed E-state index contributed by atoms with van der Waals surface area (Å²) in [6.45, 7) is 1.19. The van der Waals surface area contributed by atoms with Crippen molar-refractivity contribution in [2.45, 2.75) is 19.0 Å². The van der Waals surface area contributed by atoms with E-state index in [4.69, 9.17) is 0 Å². The molecule has 2 aromatic carbocycles. The summed E-state index contributed by atoms with van der Waals surface area (Å²) in [5, 5.41) is 16.1. The lowest BCUT2D eigenvalue weighted by molar-refractivity contribution is -0.384. The molecule has 154 valence electrons. The smallest absolute Gasteiger partial charge is 0.374 e. The molecule has 3 rings (SSSR count). The Morgan fingerprint density at radius 2 is 1.86 bits per heavy atom. The van der Waals surface area contributed by atoms with Crippen molar-refractivity contribution in [2.75, 3.05) is 35.2 Å². The molecule has 0 spiro atoms. The van der Waals surface area contributed by atoms with Crippen LogP contribution in [0.25, 0.3) is 0 Å². The molecule has 0 bridgehead atoms. The van der Waals surface area contributed by atoms with Crippen molar-refractivity contribution in [3.63, 3.8) is 0 Å². The molecule has 1 amide bonds. The number of carbonyl (C=O) groups is 1. The summed E-state index contributed by atoms with van der Waals surface area (Å²) in [7, 11) is 0. The highest BCUT2D eigenvalue weighted by Gasteiger charge is 2.31. The molecule has 1 aliphatic rings. The van der Waals surface area contributed by atoms with Crippen molar-refractivity contribution in [1.82, 2.24) is 0 Å². The maximum absolute atomic E-state index is 13.1. The lowest BCUT2D eigenvalue weighted by Crippen LogP contribution is -2.24. The molecule has 0 aliphatic carbocycles. The van der Waals surface area contributed by atoms with Gasteiger partial charge < -0.3 is 15.5 Å². The van der Waals surface area contributed by atoms with E-state index in [1.54, 1.807) is 0 Å². The largest absolute Gasteiger partial charge is 0.416 e. The minimum Gasteiger partial charge on any atom is -0.374 e. The molecule has 0 radical (unpaired) electrons. The number of nitro groups is 1. The number of non-ortho nitro benzene ring substituents is 1. The Bertz CT molecular complexity index is 912. The third kappa shape index (κ3) is 5.15. The Labute approximate surface area is 164 Å². The summed E-state index contributed by atoms with van der Waals surface area (Å²) in [4.78, 5) is 24.4. The van der Waals surface area contributed by atoms with Gasteiger partial charge in [-0.15, -0.1) is 0 Å². The number of alkyl halides is 3. The van der Waals surface area contributed by atoms with Gasteiger partial charge in [-0.05, 0) is 37.1 Å². The van der Waals surface area contributed by atoms with Crippen molar-refractivity contribution in [3.05, 3.63) is 58.1 Å². The van der Waals surface area contributed by atoms with Gasteiger partial charge in [0.2, 0.25) is 5.91 Å². The molecule has 0 aromatic heterocycles. The number of hydrogen-bond acceptors (Lipinski definition) is 5. The van der Waals surface area contributed by atoms with E-state index in [0.29, 0.717) is 5.69 Å². The van der Waals surface area contributed by atoms with Crippen molar-refractivity contribution >= 4 is 28.7 Å². The first-order chi connectivity index (χ1) is 13.7. The molecule has 1 saturated heterocycles. The molecule has 2 aromatic rings. The Kier molecular flexibility index (Phi) is 5.90. The van der Waals surface area contributed by atoms with E-state index in [9.17, 15) is 28.1 Å². The number of nitrogens with zero attached hydrogens (tertiary/aromatic N) is 2. The van der Waals surface area contributed by atoms with Crippen LogP contribution >= 0.6 is 0 Å². The Balaban J connectivity index is 1.73. The first kappa shape index (κ1) is 20.4. The summed E-state index contributed by atoms with van der Waals surface area (Å²) < 4.78 is 39.3. The van der Waals surface area contributed by atoms with Crippen LogP contribution in [0.4, 0.5) is 35.9 Å². The topological polar surface area (TPSA) is 87.5 Å². The van der Waals surface area contributed by atoms with Crippen molar-refractivity contribution in [1.29, 1.82) is 0 Å². The average molecular weight is 408 g/mol. The van der Waals surface area contributed by atoms with Crippen LogP contribution < -0.4 is 15.5 Å². The number of nitro benzene ring substituents is 1. The van der Waals surface area contributed by atoms with E-state index in [2.05, 4.69) is 10.6 Å². The van der Waals surface area contributed by atoms with Crippen LogP contribution in [0.2, 0.25) is 0 Å². The average Bonchev–Trinajstić information content (AvgIpc) is 3.20. The van der Waals surface area contributed by atoms with E-state index < -0.39 is 22.6 Å². The molecule has 1 aliphatic heterocycles. The molecule has 0 saturated carbocycles. The number of halogens is 3. The number of nitrogens with one attached hydrogen (secondary N) is 2. The maximum Gasteiger partial charge on any atom is 0.416 e. The van der Waals surface area contributed by atoms with Crippen LogP contribution in [0.15, 0.2) is 42.5 Å². The van der Waals surface area contributed by atoms with Gasteiger partial charge in [0, 0.05) is 30.9 Å². The van der Waals surface area contributed by atoms with Crippen LogP contribution in [0, 0.1) is 10.1 Å². The van der Waals surface area contributed by atoms with E-state index >= 15 is 0 Å². The summed E-state index contributed by atoms with van der Waals surface area (Å²) in [6.07, 6.45) is -2.59.